The van der Waals surface area contributed by atoms with Crippen LogP contribution in [0.25, 0.3) is 0 Å². The number of hydrogen-bond donors (Lipinski definition) is 0. The predicted molar refractivity (Wildman–Crippen MR) is 96.8 cm³/mol. The van der Waals surface area contributed by atoms with Crippen molar-refractivity contribution in [3.8, 4) is 0 Å². The Morgan fingerprint density at radius 3 is 2.13 bits per heavy atom. The molecule has 1 aliphatic rings. The maximum Gasteiger partial charge on any atom is 0.306 e. The van der Waals surface area contributed by atoms with E-state index in [0.29, 0.717) is 19.3 Å². The van der Waals surface area contributed by atoms with Crippen LogP contribution in [0, 0.1) is 11.8 Å². The highest BCUT2D eigenvalue weighted by atomic mass is 32.3. The maximum atomic E-state index is 12.2. The average molecular weight is 347 g/mol. The second-order valence-corrected chi connectivity index (χ2v) is 12.8. The highest BCUT2D eigenvalue weighted by Crippen LogP contribution is 2.57. The van der Waals surface area contributed by atoms with Gasteiger partial charge in [0.15, 0.2) is 0 Å². The van der Waals surface area contributed by atoms with Crippen LogP contribution in [0.3, 0.4) is 0 Å². The van der Waals surface area contributed by atoms with Gasteiger partial charge < -0.3 is 13.7 Å². The first-order valence-corrected chi connectivity index (χ1v) is 10.7. The minimum absolute atomic E-state index is 0.0115. The molecule has 136 valence electrons. The van der Waals surface area contributed by atoms with Gasteiger partial charge in [-0.3, -0.25) is 4.79 Å². The Bertz CT molecular complexity index is 431. The minimum atomic E-state index is -1.28. The van der Waals surface area contributed by atoms with E-state index in [4.69, 9.17) is 8.92 Å². The van der Waals surface area contributed by atoms with Gasteiger partial charge in [0.1, 0.15) is 11.9 Å². The van der Waals surface area contributed by atoms with Crippen molar-refractivity contribution in [2.24, 2.45) is 11.8 Å². The Morgan fingerprint density at radius 1 is 1.13 bits per heavy atom. The molecular weight excluding hydrogens is 312 g/mol. The van der Waals surface area contributed by atoms with E-state index < -0.39 is 15.9 Å². The van der Waals surface area contributed by atoms with E-state index in [1.807, 2.05) is 20.8 Å². The first-order chi connectivity index (χ1) is 10.2. The van der Waals surface area contributed by atoms with Gasteiger partial charge in [-0.1, -0.05) is 20.8 Å². The molecule has 5 heteroatoms. The summed E-state index contributed by atoms with van der Waals surface area (Å²) in [4.78, 5) is 23.4. The fourth-order valence-corrected chi connectivity index (χ4v) is 3.76. The van der Waals surface area contributed by atoms with E-state index in [1.165, 1.54) is 0 Å². The number of hydrogen-bond acceptors (Lipinski definition) is 4. The summed E-state index contributed by atoms with van der Waals surface area (Å²) in [5, 5.41) is 0. The number of carbonyl (C=O) groups excluding carboxylic acids is 2. The van der Waals surface area contributed by atoms with Crippen LogP contribution in [0.15, 0.2) is 0 Å². The molecule has 3 atom stereocenters. The fraction of sp³-hybridized carbons (Fsp3) is 0.889. The molecule has 0 N–H and O–H groups in total. The standard InChI is InChI=1S/C18H34O4S/c1-17(2,3)21-16(20)11-14-9-13(12-19)10-15(14)22-23(7,8)18(4,5)6/h12-15H,9-11H2,1-8H3. The minimum Gasteiger partial charge on any atom is -0.460 e. The zero-order valence-corrected chi connectivity index (χ0v) is 16.8. The van der Waals surface area contributed by atoms with Crippen molar-refractivity contribution in [3.05, 3.63) is 0 Å². The summed E-state index contributed by atoms with van der Waals surface area (Å²) in [6.45, 7) is 12.1. The van der Waals surface area contributed by atoms with E-state index in [-0.39, 0.29) is 28.7 Å². The summed E-state index contributed by atoms with van der Waals surface area (Å²) in [5.41, 5.74) is -0.480. The Balaban J connectivity index is 2.79. The van der Waals surface area contributed by atoms with Gasteiger partial charge in [-0.05, 0) is 52.0 Å². The van der Waals surface area contributed by atoms with Crippen LogP contribution in [0.2, 0.25) is 0 Å². The topological polar surface area (TPSA) is 52.6 Å². The van der Waals surface area contributed by atoms with E-state index in [9.17, 15) is 9.59 Å². The zero-order chi connectivity index (χ0) is 18.1. The van der Waals surface area contributed by atoms with E-state index in [2.05, 4.69) is 33.3 Å². The number of rotatable bonds is 5. The van der Waals surface area contributed by atoms with Crippen LogP contribution < -0.4 is 0 Å². The van der Waals surface area contributed by atoms with Crippen molar-refractivity contribution in [1.29, 1.82) is 0 Å². The lowest BCUT2D eigenvalue weighted by Gasteiger charge is -2.46. The molecule has 4 nitrogen and oxygen atoms in total. The van der Waals surface area contributed by atoms with Crippen molar-refractivity contribution < 1.29 is 18.5 Å². The van der Waals surface area contributed by atoms with Gasteiger partial charge in [0.2, 0.25) is 0 Å². The van der Waals surface area contributed by atoms with Gasteiger partial charge in [-0.15, -0.1) is 10.3 Å². The van der Waals surface area contributed by atoms with Gasteiger partial charge in [-0.2, -0.15) is 0 Å². The lowest BCUT2D eigenvalue weighted by atomic mass is 10.0. The first-order valence-electron chi connectivity index (χ1n) is 8.33. The Morgan fingerprint density at radius 2 is 1.70 bits per heavy atom. The summed E-state index contributed by atoms with van der Waals surface area (Å²) < 4.78 is 12.0. The first kappa shape index (κ1) is 20.5. The lowest BCUT2D eigenvalue weighted by molar-refractivity contribution is -0.156. The SMILES string of the molecule is CC(C)(C)OC(=O)CC1CC(C=O)CC1OS(C)(C)C(C)(C)C. The largest absolute Gasteiger partial charge is 0.460 e. The van der Waals surface area contributed by atoms with Gasteiger partial charge in [0.05, 0.1) is 12.5 Å². The van der Waals surface area contributed by atoms with Crippen molar-refractivity contribution in [2.75, 3.05) is 12.5 Å². The molecule has 1 rings (SSSR count). The molecule has 0 aromatic heterocycles. The van der Waals surface area contributed by atoms with Gasteiger partial charge >= 0.3 is 5.97 Å². The molecule has 0 aromatic rings. The third-order valence-electron chi connectivity index (χ3n) is 4.55. The molecule has 0 amide bonds. The predicted octanol–water partition coefficient (Wildman–Crippen LogP) is 4.11. The summed E-state index contributed by atoms with van der Waals surface area (Å²) in [5.74, 6) is -0.150. The normalized spacial score (nSPS) is 26.9. The molecule has 0 aromatic carbocycles. The summed E-state index contributed by atoms with van der Waals surface area (Å²) in [6.07, 6.45) is 7.03. The molecule has 0 bridgehead atoms. The van der Waals surface area contributed by atoms with Crippen LogP contribution >= 0.6 is 10.3 Å². The van der Waals surface area contributed by atoms with Crippen molar-refractivity contribution in [3.63, 3.8) is 0 Å². The van der Waals surface area contributed by atoms with Crippen LogP contribution in [-0.2, 0) is 18.5 Å². The molecule has 0 spiro atoms. The zero-order valence-electron chi connectivity index (χ0n) is 16.0. The maximum absolute atomic E-state index is 12.2. The second-order valence-electron chi connectivity index (χ2n) is 8.90. The molecular formula is C18H34O4S. The van der Waals surface area contributed by atoms with Crippen LogP contribution in [0.5, 0.6) is 0 Å². The van der Waals surface area contributed by atoms with Crippen LogP contribution in [0.1, 0.15) is 60.8 Å². The second kappa shape index (κ2) is 7.14. The highest BCUT2D eigenvalue weighted by Gasteiger charge is 2.41. The Labute approximate surface area is 143 Å². The van der Waals surface area contributed by atoms with Crippen LogP contribution in [-0.4, -0.2) is 41.2 Å². The quantitative estimate of drug-likeness (QED) is 0.555. The monoisotopic (exact) mass is 346 g/mol. The summed E-state index contributed by atoms with van der Waals surface area (Å²) >= 11 is 0. The Hall–Kier alpha value is -0.550. The lowest BCUT2D eigenvalue weighted by Crippen LogP contribution is -2.32. The van der Waals surface area contributed by atoms with Gasteiger partial charge in [-0.25, -0.2) is 0 Å². The molecule has 1 saturated carbocycles. The van der Waals surface area contributed by atoms with E-state index >= 15 is 0 Å². The van der Waals surface area contributed by atoms with Crippen LogP contribution in [0.4, 0.5) is 0 Å². The number of ether oxygens (including phenoxy) is 1. The molecule has 0 radical (unpaired) electrons. The number of carbonyl (C=O) groups is 2. The third kappa shape index (κ3) is 6.11. The fourth-order valence-electron chi connectivity index (χ4n) is 2.62. The van der Waals surface area contributed by atoms with Gasteiger partial charge in [0.25, 0.3) is 0 Å². The molecule has 3 unspecified atom stereocenters. The van der Waals surface area contributed by atoms with Crippen molar-refractivity contribution in [1.82, 2.24) is 0 Å². The van der Waals surface area contributed by atoms with Gasteiger partial charge in [0, 0.05) is 10.7 Å². The average Bonchev–Trinajstić information content (AvgIpc) is 2.66. The highest BCUT2D eigenvalue weighted by molar-refractivity contribution is 8.29. The molecule has 0 saturated heterocycles. The van der Waals surface area contributed by atoms with E-state index in [0.717, 1.165) is 6.29 Å². The van der Waals surface area contributed by atoms with Crippen molar-refractivity contribution in [2.45, 2.75) is 77.3 Å². The molecule has 1 fully saturated rings. The summed E-state index contributed by atoms with van der Waals surface area (Å²) in [7, 11) is -1.28. The number of aldehydes is 1. The summed E-state index contributed by atoms with van der Waals surface area (Å²) in [6, 6.07) is 0. The van der Waals surface area contributed by atoms with Crippen molar-refractivity contribution >= 4 is 22.6 Å². The molecule has 0 aliphatic heterocycles. The number of esters is 1. The van der Waals surface area contributed by atoms with E-state index in [1.54, 1.807) is 0 Å². The molecule has 1 aliphatic carbocycles. The molecule has 0 heterocycles. The molecule has 23 heavy (non-hydrogen) atoms. The Kier molecular flexibility index (Phi) is 6.36. The smallest absolute Gasteiger partial charge is 0.306 e. The third-order valence-corrected chi connectivity index (χ3v) is 8.22.